The number of ether oxygens (including phenoxy) is 3. The summed E-state index contributed by atoms with van der Waals surface area (Å²) in [6, 6.07) is 15.8. The molecule has 25 heavy (non-hydrogen) atoms. The van der Waals surface area contributed by atoms with Crippen molar-refractivity contribution in [3.8, 4) is 11.5 Å². The zero-order valence-corrected chi connectivity index (χ0v) is 14.0. The zero-order valence-electron chi connectivity index (χ0n) is 14.0. The molecule has 132 valence electrons. The molecule has 0 fully saturated rings. The number of hydrogen-bond acceptors (Lipinski definition) is 5. The van der Waals surface area contributed by atoms with Crippen LogP contribution in [0.3, 0.4) is 0 Å². The van der Waals surface area contributed by atoms with Crippen molar-refractivity contribution < 1.29 is 23.8 Å². The lowest BCUT2D eigenvalue weighted by Gasteiger charge is -2.16. The van der Waals surface area contributed by atoms with Crippen LogP contribution >= 0.6 is 0 Å². The molecule has 2 N–H and O–H groups in total. The largest absolute Gasteiger partial charge is 0.497 e. The molecule has 1 atom stereocenters. The van der Waals surface area contributed by atoms with Crippen molar-refractivity contribution in [2.75, 3.05) is 20.8 Å². The summed E-state index contributed by atoms with van der Waals surface area (Å²) in [5.74, 6) is 0.232. The van der Waals surface area contributed by atoms with Gasteiger partial charge in [0.25, 0.3) is 11.8 Å². The zero-order chi connectivity index (χ0) is 18.1. The number of methoxy groups -OCH3 is 2. The molecule has 2 aromatic rings. The highest BCUT2D eigenvalue weighted by Crippen LogP contribution is 2.17. The van der Waals surface area contributed by atoms with Crippen LogP contribution in [0.2, 0.25) is 0 Å². The van der Waals surface area contributed by atoms with E-state index < -0.39 is 17.9 Å². The van der Waals surface area contributed by atoms with E-state index in [1.165, 1.54) is 7.11 Å². The Kier molecular flexibility index (Phi) is 6.79. The first-order valence-corrected chi connectivity index (χ1v) is 7.57. The molecule has 2 aromatic carbocycles. The highest BCUT2D eigenvalue weighted by atomic mass is 16.5. The van der Waals surface area contributed by atoms with Crippen molar-refractivity contribution in [1.29, 1.82) is 0 Å². The second-order valence-electron chi connectivity index (χ2n) is 5.03. The quantitative estimate of drug-likeness (QED) is 0.745. The minimum atomic E-state index is -0.816. The smallest absolute Gasteiger partial charge is 0.276 e. The van der Waals surface area contributed by atoms with Crippen LogP contribution in [0.5, 0.6) is 11.5 Å². The number of carbonyl (C=O) groups excluding carboxylic acids is 2. The van der Waals surface area contributed by atoms with Gasteiger partial charge in [-0.2, -0.15) is 0 Å². The van der Waals surface area contributed by atoms with E-state index in [4.69, 9.17) is 14.2 Å². The summed E-state index contributed by atoms with van der Waals surface area (Å²) in [5.41, 5.74) is 5.30. The summed E-state index contributed by atoms with van der Waals surface area (Å²) < 4.78 is 15.5. The van der Waals surface area contributed by atoms with Gasteiger partial charge in [-0.1, -0.05) is 30.3 Å². The molecule has 0 aliphatic rings. The van der Waals surface area contributed by atoms with Crippen LogP contribution in [0.15, 0.2) is 54.6 Å². The first kappa shape index (κ1) is 18.3. The molecule has 0 aliphatic heterocycles. The number of hydrogen-bond donors (Lipinski definition) is 2. The van der Waals surface area contributed by atoms with Gasteiger partial charge < -0.3 is 14.2 Å². The molecule has 1 unspecified atom stereocenters. The van der Waals surface area contributed by atoms with Crippen molar-refractivity contribution in [3.63, 3.8) is 0 Å². The molecular weight excluding hydrogens is 324 g/mol. The molecule has 7 nitrogen and oxygen atoms in total. The van der Waals surface area contributed by atoms with E-state index in [9.17, 15) is 9.59 Å². The van der Waals surface area contributed by atoms with E-state index in [1.807, 2.05) is 6.07 Å². The van der Waals surface area contributed by atoms with Crippen molar-refractivity contribution in [1.82, 2.24) is 10.9 Å². The van der Waals surface area contributed by atoms with Gasteiger partial charge in [0.15, 0.2) is 12.7 Å². The van der Waals surface area contributed by atoms with Crippen molar-refractivity contribution in [2.24, 2.45) is 0 Å². The van der Waals surface area contributed by atoms with Crippen LogP contribution in [0.25, 0.3) is 0 Å². The minimum Gasteiger partial charge on any atom is -0.497 e. The summed E-state index contributed by atoms with van der Waals surface area (Å²) in [6.45, 7) is -0.240. The van der Waals surface area contributed by atoms with Gasteiger partial charge in [0, 0.05) is 7.11 Å². The number of benzene rings is 2. The van der Waals surface area contributed by atoms with Crippen LogP contribution in [0.1, 0.15) is 11.7 Å². The maximum atomic E-state index is 12.1. The second-order valence-corrected chi connectivity index (χ2v) is 5.03. The lowest BCUT2D eigenvalue weighted by molar-refractivity contribution is -0.136. The number of nitrogens with one attached hydrogen (secondary N) is 2. The second kappa shape index (κ2) is 9.29. The fraction of sp³-hybridized carbons (Fsp3) is 0.222. The van der Waals surface area contributed by atoms with E-state index in [-0.39, 0.29) is 6.61 Å². The predicted octanol–water partition coefficient (Wildman–Crippen LogP) is 1.61. The molecule has 0 aliphatic carbocycles. The molecule has 0 bridgehead atoms. The van der Waals surface area contributed by atoms with Gasteiger partial charge in [0.2, 0.25) is 0 Å². The highest BCUT2D eigenvalue weighted by Gasteiger charge is 2.20. The Morgan fingerprint density at radius 1 is 0.920 bits per heavy atom. The maximum absolute atomic E-state index is 12.1. The molecule has 0 heterocycles. The van der Waals surface area contributed by atoms with Gasteiger partial charge in [-0.15, -0.1) is 0 Å². The first-order valence-electron chi connectivity index (χ1n) is 7.57. The third-order valence-electron chi connectivity index (χ3n) is 3.33. The summed E-state index contributed by atoms with van der Waals surface area (Å²) in [7, 11) is 2.99. The summed E-state index contributed by atoms with van der Waals surface area (Å²) >= 11 is 0. The lowest BCUT2D eigenvalue weighted by atomic mass is 10.1. The normalized spacial score (nSPS) is 11.3. The number of rotatable bonds is 7. The third kappa shape index (κ3) is 5.50. The topological polar surface area (TPSA) is 85.9 Å². The lowest BCUT2D eigenvalue weighted by Crippen LogP contribution is -2.46. The highest BCUT2D eigenvalue weighted by molar-refractivity contribution is 5.85. The Hall–Kier alpha value is -3.06. The summed E-state index contributed by atoms with van der Waals surface area (Å²) in [6.07, 6.45) is -0.816. The molecule has 2 rings (SSSR count). The fourth-order valence-corrected chi connectivity index (χ4v) is 2.08. The Bertz CT molecular complexity index is 688. The first-order chi connectivity index (χ1) is 12.1. The van der Waals surface area contributed by atoms with E-state index in [0.717, 1.165) is 0 Å². The van der Waals surface area contributed by atoms with E-state index in [2.05, 4.69) is 10.9 Å². The fourth-order valence-electron chi connectivity index (χ4n) is 2.08. The molecule has 7 heteroatoms. The van der Waals surface area contributed by atoms with Crippen LogP contribution in [0, 0.1) is 0 Å². The van der Waals surface area contributed by atoms with Crippen molar-refractivity contribution >= 4 is 11.8 Å². The van der Waals surface area contributed by atoms with Gasteiger partial charge in [0.1, 0.15) is 11.5 Å². The van der Waals surface area contributed by atoms with Crippen LogP contribution < -0.4 is 20.3 Å². The molecule has 0 saturated carbocycles. The molecule has 0 saturated heterocycles. The Balaban J connectivity index is 1.79. The SMILES string of the molecule is COc1ccc(OCC(=O)NNC(=O)C(OC)c2ccccc2)cc1. The molecule has 0 aromatic heterocycles. The van der Waals surface area contributed by atoms with Crippen molar-refractivity contribution in [3.05, 3.63) is 60.2 Å². The Morgan fingerprint density at radius 2 is 1.56 bits per heavy atom. The summed E-state index contributed by atoms with van der Waals surface area (Å²) in [4.78, 5) is 23.9. The van der Waals surface area contributed by atoms with E-state index >= 15 is 0 Å². The monoisotopic (exact) mass is 344 g/mol. The minimum absolute atomic E-state index is 0.240. The molecule has 2 amide bonds. The average Bonchev–Trinajstić information content (AvgIpc) is 2.66. The van der Waals surface area contributed by atoms with Crippen LogP contribution in [-0.4, -0.2) is 32.6 Å². The van der Waals surface area contributed by atoms with Crippen LogP contribution in [0.4, 0.5) is 0 Å². The molecule has 0 spiro atoms. The third-order valence-corrected chi connectivity index (χ3v) is 3.33. The average molecular weight is 344 g/mol. The number of amides is 2. The van der Waals surface area contributed by atoms with Crippen molar-refractivity contribution in [2.45, 2.75) is 6.10 Å². The van der Waals surface area contributed by atoms with Gasteiger partial charge in [-0.05, 0) is 29.8 Å². The van der Waals surface area contributed by atoms with E-state index in [0.29, 0.717) is 17.1 Å². The van der Waals surface area contributed by atoms with Gasteiger partial charge in [0.05, 0.1) is 7.11 Å². The maximum Gasteiger partial charge on any atom is 0.276 e. The van der Waals surface area contributed by atoms with Gasteiger partial charge >= 0.3 is 0 Å². The number of hydrazine groups is 1. The number of carbonyl (C=O) groups is 2. The van der Waals surface area contributed by atoms with Gasteiger partial charge in [-0.25, -0.2) is 0 Å². The van der Waals surface area contributed by atoms with E-state index in [1.54, 1.807) is 55.6 Å². The Labute approximate surface area is 145 Å². The summed E-state index contributed by atoms with van der Waals surface area (Å²) in [5, 5.41) is 0. The van der Waals surface area contributed by atoms with Crippen LogP contribution in [-0.2, 0) is 14.3 Å². The molecule has 0 radical (unpaired) electrons. The Morgan fingerprint density at radius 3 is 2.16 bits per heavy atom. The predicted molar refractivity (Wildman–Crippen MR) is 91.0 cm³/mol. The molecular formula is C18H20N2O5. The standard InChI is InChI=1S/C18H20N2O5/c1-23-14-8-10-15(11-9-14)25-12-16(21)19-20-18(22)17(24-2)13-6-4-3-5-7-13/h3-11,17H,12H2,1-2H3,(H,19,21)(H,20,22). The van der Waals surface area contributed by atoms with Gasteiger partial charge in [-0.3, -0.25) is 20.4 Å².